The van der Waals surface area contributed by atoms with Crippen molar-refractivity contribution in [1.29, 1.82) is 0 Å². The van der Waals surface area contributed by atoms with E-state index in [1.807, 2.05) is 19.9 Å². The lowest BCUT2D eigenvalue weighted by Crippen LogP contribution is -2.54. The lowest BCUT2D eigenvalue weighted by Gasteiger charge is -2.29. The first kappa shape index (κ1) is 21.4. The zero-order valence-electron chi connectivity index (χ0n) is 17.0. The number of hydrogen-bond acceptors (Lipinski definition) is 4. The molecule has 1 aliphatic rings. The number of hydrogen-bond donors (Lipinski definition) is 2. The summed E-state index contributed by atoms with van der Waals surface area (Å²) in [7, 11) is 0. The third kappa shape index (κ3) is 4.33. The van der Waals surface area contributed by atoms with Gasteiger partial charge in [0.15, 0.2) is 6.17 Å². The highest BCUT2D eigenvalue weighted by atomic mass is 19.1. The van der Waals surface area contributed by atoms with Crippen LogP contribution in [0.25, 0.3) is 0 Å². The molecule has 3 rings (SSSR count). The van der Waals surface area contributed by atoms with Crippen LogP contribution in [0.3, 0.4) is 0 Å². The van der Waals surface area contributed by atoms with E-state index >= 15 is 0 Å². The number of halogens is 1. The van der Waals surface area contributed by atoms with Gasteiger partial charge in [0.2, 0.25) is 0 Å². The first-order valence-corrected chi connectivity index (χ1v) is 9.76. The number of carbonyl (C=O) groups is 3. The monoisotopic (exact) mass is 412 g/mol. The fraction of sp³-hybridized carbons (Fsp3) is 0.318. The van der Waals surface area contributed by atoms with Gasteiger partial charge in [0.25, 0.3) is 17.7 Å². The van der Waals surface area contributed by atoms with Crippen LogP contribution in [0.2, 0.25) is 0 Å². The molecule has 8 heteroatoms. The summed E-state index contributed by atoms with van der Waals surface area (Å²) >= 11 is 0. The molecule has 1 saturated heterocycles. The summed E-state index contributed by atoms with van der Waals surface area (Å²) in [5.74, 6) is -1.91. The van der Waals surface area contributed by atoms with E-state index < -0.39 is 23.8 Å². The first-order valence-electron chi connectivity index (χ1n) is 9.76. The number of aryl methyl sites for hydroxylation is 2. The molecule has 1 heterocycles. The molecular formula is C22H25FN4O3. The zero-order chi connectivity index (χ0) is 21.8. The van der Waals surface area contributed by atoms with E-state index in [4.69, 9.17) is 5.73 Å². The van der Waals surface area contributed by atoms with E-state index in [0.717, 1.165) is 17.2 Å². The van der Waals surface area contributed by atoms with Crippen LogP contribution in [0.4, 0.5) is 4.39 Å². The van der Waals surface area contributed by atoms with Gasteiger partial charge in [-0.05, 0) is 55.3 Å². The maximum atomic E-state index is 13.6. The van der Waals surface area contributed by atoms with Crippen molar-refractivity contribution in [1.82, 2.24) is 15.1 Å². The van der Waals surface area contributed by atoms with E-state index in [0.29, 0.717) is 5.56 Å². The van der Waals surface area contributed by atoms with Gasteiger partial charge in [0.05, 0.1) is 0 Å². The maximum Gasteiger partial charge on any atom is 0.263 e. The van der Waals surface area contributed by atoms with E-state index in [9.17, 15) is 18.8 Å². The number of nitrogens with one attached hydrogen (secondary N) is 1. The van der Waals surface area contributed by atoms with Crippen molar-refractivity contribution in [3.8, 4) is 0 Å². The molecule has 0 aliphatic carbocycles. The number of benzene rings is 2. The highest BCUT2D eigenvalue weighted by molar-refractivity contribution is 6.02. The third-order valence-electron chi connectivity index (χ3n) is 5.20. The fourth-order valence-corrected chi connectivity index (χ4v) is 3.45. The second-order valence-corrected chi connectivity index (χ2v) is 7.26. The predicted molar refractivity (Wildman–Crippen MR) is 110 cm³/mol. The van der Waals surface area contributed by atoms with E-state index in [1.54, 1.807) is 12.1 Å². The van der Waals surface area contributed by atoms with Crippen LogP contribution in [-0.2, 0) is 4.79 Å². The molecule has 1 aliphatic heterocycles. The molecule has 3 N–H and O–H groups in total. The lowest BCUT2D eigenvalue weighted by molar-refractivity contribution is -0.128. The van der Waals surface area contributed by atoms with Crippen LogP contribution in [0, 0.1) is 19.7 Å². The summed E-state index contributed by atoms with van der Waals surface area (Å²) in [6.07, 6.45) is -1.14. The van der Waals surface area contributed by atoms with Crippen molar-refractivity contribution < 1.29 is 18.8 Å². The number of nitrogens with zero attached hydrogens (tertiary/aromatic N) is 2. The average Bonchev–Trinajstić information content (AvgIpc) is 3.18. The summed E-state index contributed by atoms with van der Waals surface area (Å²) in [4.78, 5) is 41.7. The molecule has 158 valence electrons. The zero-order valence-corrected chi connectivity index (χ0v) is 17.0. The largest absolute Gasteiger partial charge is 0.351 e. The van der Waals surface area contributed by atoms with Crippen molar-refractivity contribution in [3.05, 3.63) is 70.5 Å². The molecular weight excluding hydrogens is 387 g/mol. The quantitative estimate of drug-likeness (QED) is 0.777. The third-order valence-corrected chi connectivity index (χ3v) is 5.20. The highest BCUT2D eigenvalue weighted by Crippen LogP contribution is 2.22. The summed E-state index contributed by atoms with van der Waals surface area (Å²) in [5.41, 5.74) is 8.04. The Morgan fingerprint density at radius 1 is 1.00 bits per heavy atom. The number of carbonyl (C=O) groups excluding carboxylic acids is 3. The van der Waals surface area contributed by atoms with E-state index in [1.165, 1.54) is 28.0 Å². The Morgan fingerprint density at radius 3 is 2.20 bits per heavy atom. The summed E-state index contributed by atoms with van der Waals surface area (Å²) in [5, 5.41) is 2.65. The Kier molecular flexibility index (Phi) is 6.47. The molecule has 0 spiro atoms. The summed E-state index contributed by atoms with van der Waals surface area (Å²) in [6, 6.07) is 10.6. The van der Waals surface area contributed by atoms with E-state index in [2.05, 4.69) is 5.32 Å². The Bertz CT molecular complexity index is 979. The first-order chi connectivity index (χ1) is 14.3. The molecule has 0 bridgehead atoms. The smallest absolute Gasteiger partial charge is 0.263 e. The molecule has 30 heavy (non-hydrogen) atoms. The predicted octanol–water partition coefficient (Wildman–Crippen LogP) is 1.44. The second-order valence-electron chi connectivity index (χ2n) is 7.26. The molecule has 0 saturated carbocycles. The van der Waals surface area contributed by atoms with Crippen molar-refractivity contribution in [2.24, 2.45) is 5.73 Å². The Balaban J connectivity index is 1.92. The van der Waals surface area contributed by atoms with Gasteiger partial charge in [0, 0.05) is 37.3 Å². The summed E-state index contributed by atoms with van der Waals surface area (Å²) < 4.78 is 13.6. The minimum atomic E-state index is -1.14. The molecule has 0 aromatic heterocycles. The minimum absolute atomic E-state index is 0.118. The maximum absolute atomic E-state index is 13.6. The molecule has 0 radical (unpaired) electrons. The molecule has 1 fully saturated rings. The Morgan fingerprint density at radius 2 is 1.63 bits per heavy atom. The molecule has 3 amide bonds. The standard InChI is InChI=1S/C22H25FN4O3/c1-14-6-7-17(12-15(14)2)22(30)27-11-10-26(20(27)19(28)25-9-8-24)21(29)16-4-3-5-18(23)13-16/h3-7,12-13,20H,8-11,24H2,1-2H3,(H,25,28). The molecule has 1 atom stereocenters. The Labute approximate surface area is 174 Å². The molecule has 2 aromatic carbocycles. The van der Waals surface area contributed by atoms with Crippen LogP contribution >= 0.6 is 0 Å². The SMILES string of the molecule is Cc1ccc(C(=O)N2CCN(C(=O)c3cccc(F)c3)C2C(=O)NCCN)cc1C. The second kappa shape index (κ2) is 9.04. The number of nitrogens with two attached hydrogens (primary N) is 1. The number of amides is 3. The van der Waals surface area contributed by atoms with Gasteiger partial charge in [0.1, 0.15) is 5.82 Å². The number of rotatable bonds is 5. The molecule has 2 aromatic rings. The summed E-state index contributed by atoms with van der Waals surface area (Å²) in [6.45, 7) is 4.63. The molecule has 1 unspecified atom stereocenters. The Hall–Kier alpha value is -3.26. The van der Waals surface area contributed by atoms with Crippen LogP contribution in [0.1, 0.15) is 31.8 Å². The van der Waals surface area contributed by atoms with Gasteiger partial charge in [-0.3, -0.25) is 14.4 Å². The van der Waals surface area contributed by atoms with Gasteiger partial charge in [-0.1, -0.05) is 12.1 Å². The average molecular weight is 412 g/mol. The lowest BCUT2D eigenvalue weighted by atomic mass is 10.1. The van der Waals surface area contributed by atoms with Crippen LogP contribution in [-0.4, -0.2) is 59.9 Å². The highest BCUT2D eigenvalue weighted by Gasteiger charge is 2.43. The van der Waals surface area contributed by atoms with Crippen LogP contribution < -0.4 is 11.1 Å². The van der Waals surface area contributed by atoms with E-state index in [-0.39, 0.29) is 37.6 Å². The van der Waals surface area contributed by atoms with Crippen LogP contribution in [0.15, 0.2) is 42.5 Å². The van der Waals surface area contributed by atoms with Gasteiger partial charge in [-0.2, -0.15) is 0 Å². The van der Waals surface area contributed by atoms with Gasteiger partial charge >= 0.3 is 0 Å². The molecule has 7 nitrogen and oxygen atoms in total. The van der Waals surface area contributed by atoms with Gasteiger partial charge in [-0.15, -0.1) is 0 Å². The van der Waals surface area contributed by atoms with Crippen molar-refractivity contribution in [2.75, 3.05) is 26.2 Å². The van der Waals surface area contributed by atoms with Gasteiger partial charge < -0.3 is 20.9 Å². The van der Waals surface area contributed by atoms with Crippen molar-refractivity contribution >= 4 is 17.7 Å². The van der Waals surface area contributed by atoms with Gasteiger partial charge in [-0.25, -0.2) is 4.39 Å². The van der Waals surface area contributed by atoms with Crippen molar-refractivity contribution in [2.45, 2.75) is 20.0 Å². The fourth-order valence-electron chi connectivity index (χ4n) is 3.45. The van der Waals surface area contributed by atoms with Crippen LogP contribution in [0.5, 0.6) is 0 Å². The van der Waals surface area contributed by atoms with Crippen molar-refractivity contribution in [3.63, 3.8) is 0 Å². The minimum Gasteiger partial charge on any atom is -0.351 e. The topological polar surface area (TPSA) is 95.7 Å². The normalized spacial score (nSPS) is 15.9.